The van der Waals surface area contributed by atoms with Gasteiger partial charge in [0.05, 0.1) is 10.5 Å². The quantitative estimate of drug-likeness (QED) is 0.807. The molecule has 0 fully saturated rings. The minimum absolute atomic E-state index is 0.124. The van der Waals surface area contributed by atoms with Crippen molar-refractivity contribution in [3.8, 4) is 0 Å². The highest BCUT2D eigenvalue weighted by molar-refractivity contribution is 6.35. The van der Waals surface area contributed by atoms with Crippen LogP contribution in [-0.2, 0) is 13.6 Å². The third-order valence-electron chi connectivity index (χ3n) is 3.44. The number of carbonyl (C=O) groups excluding carboxylic acids is 1. The molecule has 0 aliphatic heterocycles. The molecule has 0 aliphatic rings. The lowest BCUT2D eigenvalue weighted by atomic mass is 10.2. The van der Waals surface area contributed by atoms with Gasteiger partial charge in [-0.25, -0.2) is 0 Å². The summed E-state index contributed by atoms with van der Waals surface area (Å²) >= 11 is 6.19. The van der Waals surface area contributed by atoms with Gasteiger partial charge < -0.3 is 9.88 Å². The summed E-state index contributed by atoms with van der Waals surface area (Å²) in [5, 5.41) is 4.51. The Hall–Kier alpha value is -2.33. The van der Waals surface area contributed by atoms with Gasteiger partial charge in [-0.15, -0.1) is 0 Å². The van der Waals surface area contributed by atoms with Gasteiger partial charge in [0.25, 0.3) is 5.91 Å². The van der Waals surface area contributed by atoms with E-state index >= 15 is 0 Å². The fourth-order valence-electron chi connectivity index (χ4n) is 2.36. The third-order valence-corrected chi connectivity index (χ3v) is 3.75. The molecular formula is C16H14ClN3O. The van der Waals surface area contributed by atoms with E-state index in [0.717, 1.165) is 16.5 Å². The molecule has 5 heteroatoms. The molecule has 0 atom stereocenters. The Kier molecular flexibility index (Phi) is 3.62. The summed E-state index contributed by atoms with van der Waals surface area (Å²) in [5.41, 5.74) is 2.47. The molecule has 0 radical (unpaired) electrons. The van der Waals surface area contributed by atoms with E-state index in [1.54, 1.807) is 12.4 Å². The molecule has 0 aliphatic carbocycles. The number of benzene rings is 1. The molecule has 21 heavy (non-hydrogen) atoms. The Balaban J connectivity index is 1.85. The molecule has 4 nitrogen and oxygen atoms in total. The summed E-state index contributed by atoms with van der Waals surface area (Å²) in [4.78, 5) is 16.3. The van der Waals surface area contributed by atoms with Crippen LogP contribution in [0.15, 0.2) is 48.8 Å². The zero-order chi connectivity index (χ0) is 14.8. The number of nitrogens with zero attached hydrogens (tertiary/aromatic N) is 2. The number of rotatable bonds is 3. The van der Waals surface area contributed by atoms with Crippen LogP contribution in [0.5, 0.6) is 0 Å². The number of aryl methyl sites for hydroxylation is 1. The molecule has 106 valence electrons. The second kappa shape index (κ2) is 5.58. The normalized spacial score (nSPS) is 10.8. The molecule has 0 bridgehead atoms. The van der Waals surface area contributed by atoms with Crippen LogP contribution in [0.25, 0.3) is 10.9 Å². The Morgan fingerprint density at radius 3 is 2.76 bits per heavy atom. The van der Waals surface area contributed by atoms with E-state index in [2.05, 4.69) is 10.3 Å². The van der Waals surface area contributed by atoms with Gasteiger partial charge in [-0.1, -0.05) is 23.7 Å². The van der Waals surface area contributed by atoms with E-state index in [4.69, 9.17) is 11.6 Å². The number of hydrogen-bond acceptors (Lipinski definition) is 2. The minimum atomic E-state index is -0.124. The van der Waals surface area contributed by atoms with Crippen molar-refractivity contribution in [1.82, 2.24) is 14.9 Å². The molecule has 1 amide bonds. The van der Waals surface area contributed by atoms with Gasteiger partial charge in [-0.05, 0) is 29.8 Å². The molecule has 2 aromatic heterocycles. The van der Waals surface area contributed by atoms with Gasteiger partial charge in [0, 0.05) is 31.4 Å². The first-order valence-corrected chi connectivity index (χ1v) is 6.95. The lowest BCUT2D eigenvalue weighted by Gasteiger charge is -2.07. The molecule has 1 N–H and O–H groups in total. The molecule has 0 saturated carbocycles. The first-order valence-electron chi connectivity index (χ1n) is 6.58. The monoisotopic (exact) mass is 299 g/mol. The smallest absolute Gasteiger partial charge is 0.268 e. The van der Waals surface area contributed by atoms with E-state index in [1.165, 1.54) is 0 Å². The number of hydrogen-bond donors (Lipinski definition) is 1. The van der Waals surface area contributed by atoms with Crippen LogP contribution in [0.2, 0.25) is 5.02 Å². The minimum Gasteiger partial charge on any atom is -0.347 e. The number of fused-ring (bicyclic) bond motifs is 1. The number of carbonyl (C=O) groups is 1. The van der Waals surface area contributed by atoms with Crippen LogP contribution in [-0.4, -0.2) is 15.5 Å². The number of aromatic nitrogens is 2. The number of pyridine rings is 1. The van der Waals surface area contributed by atoms with Gasteiger partial charge in [0.15, 0.2) is 0 Å². The maximum atomic E-state index is 12.3. The first-order chi connectivity index (χ1) is 10.2. The van der Waals surface area contributed by atoms with Crippen molar-refractivity contribution in [1.29, 1.82) is 0 Å². The van der Waals surface area contributed by atoms with Crippen molar-refractivity contribution in [2.75, 3.05) is 0 Å². The zero-order valence-electron chi connectivity index (χ0n) is 11.5. The molecule has 0 saturated heterocycles. The summed E-state index contributed by atoms with van der Waals surface area (Å²) in [6.07, 6.45) is 3.41. The maximum Gasteiger partial charge on any atom is 0.268 e. The van der Waals surface area contributed by atoms with E-state index in [9.17, 15) is 4.79 Å². The average molecular weight is 300 g/mol. The van der Waals surface area contributed by atoms with E-state index in [1.807, 2.05) is 48.0 Å². The number of amides is 1. The fourth-order valence-corrected chi connectivity index (χ4v) is 2.67. The molecule has 0 spiro atoms. The van der Waals surface area contributed by atoms with Crippen molar-refractivity contribution in [2.45, 2.75) is 6.54 Å². The van der Waals surface area contributed by atoms with E-state index in [0.29, 0.717) is 17.3 Å². The van der Waals surface area contributed by atoms with Crippen LogP contribution in [0.1, 0.15) is 16.1 Å². The van der Waals surface area contributed by atoms with Crippen molar-refractivity contribution < 1.29 is 4.79 Å². The third kappa shape index (κ3) is 2.62. The molecule has 2 heterocycles. The Morgan fingerprint density at radius 1 is 1.29 bits per heavy atom. The summed E-state index contributed by atoms with van der Waals surface area (Å²) < 4.78 is 1.82. The lowest BCUT2D eigenvalue weighted by Crippen LogP contribution is -2.24. The van der Waals surface area contributed by atoms with Crippen LogP contribution in [0.3, 0.4) is 0 Å². The van der Waals surface area contributed by atoms with Crippen molar-refractivity contribution in [3.63, 3.8) is 0 Å². The fraction of sp³-hybridized carbons (Fsp3) is 0.125. The van der Waals surface area contributed by atoms with Crippen LogP contribution < -0.4 is 5.32 Å². The Bertz CT molecular complexity index is 796. The van der Waals surface area contributed by atoms with Crippen LogP contribution in [0.4, 0.5) is 0 Å². The van der Waals surface area contributed by atoms with Crippen molar-refractivity contribution >= 4 is 28.4 Å². The second-order valence-corrected chi connectivity index (χ2v) is 5.21. The molecule has 1 aromatic carbocycles. The average Bonchev–Trinajstić information content (AvgIpc) is 2.84. The van der Waals surface area contributed by atoms with Gasteiger partial charge in [0.1, 0.15) is 5.69 Å². The standard InChI is InChI=1S/C16H14ClN3O/c1-20-14(9-12-3-2-4-13(17)15(12)20)16(21)19-10-11-5-7-18-8-6-11/h2-9H,10H2,1H3,(H,19,21). The highest BCUT2D eigenvalue weighted by Gasteiger charge is 2.14. The Labute approximate surface area is 127 Å². The molecular weight excluding hydrogens is 286 g/mol. The predicted molar refractivity (Wildman–Crippen MR) is 83.3 cm³/mol. The first kappa shape index (κ1) is 13.6. The van der Waals surface area contributed by atoms with E-state index in [-0.39, 0.29) is 5.91 Å². The molecule has 0 unspecified atom stereocenters. The summed E-state index contributed by atoms with van der Waals surface area (Å²) in [6, 6.07) is 11.2. The van der Waals surface area contributed by atoms with Crippen molar-refractivity contribution in [2.24, 2.45) is 7.05 Å². The topological polar surface area (TPSA) is 46.9 Å². The summed E-state index contributed by atoms with van der Waals surface area (Å²) in [5.74, 6) is -0.124. The SMILES string of the molecule is Cn1c(C(=O)NCc2ccncc2)cc2cccc(Cl)c21. The predicted octanol–water partition coefficient (Wildman–Crippen LogP) is 3.16. The van der Waals surface area contributed by atoms with Crippen LogP contribution >= 0.6 is 11.6 Å². The summed E-state index contributed by atoms with van der Waals surface area (Å²) in [7, 11) is 1.84. The number of para-hydroxylation sites is 1. The number of halogens is 1. The Morgan fingerprint density at radius 2 is 2.05 bits per heavy atom. The summed E-state index contributed by atoms with van der Waals surface area (Å²) in [6.45, 7) is 0.469. The number of nitrogens with one attached hydrogen (secondary N) is 1. The molecule has 3 aromatic rings. The van der Waals surface area contributed by atoms with Crippen molar-refractivity contribution in [3.05, 3.63) is 65.1 Å². The zero-order valence-corrected chi connectivity index (χ0v) is 12.3. The van der Waals surface area contributed by atoms with Crippen LogP contribution in [0, 0.1) is 0 Å². The second-order valence-electron chi connectivity index (χ2n) is 4.80. The highest BCUT2D eigenvalue weighted by Crippen LogP contribution is 2.26. The van der Waals surface area contributed by atoms with Gasteiger partial charge >= 0.3 is 0 Å². The van der Waals surface area contributed by atoms with Gasteiger partial charge in [-0.2, -0.15) is 0 Å². The van der Waals surface area contributed by atoms with E-state index < -0.39 is 0 Å². The van der Waals surface area contributed by atoms with Gasteiger partial charge in [0.2, 0.25) is 0 Å². The highest BCUT2D eigenvalue weighted by atomic mass is 35.5. The molecule has 3 rings (SSSR count). The largest absolute Gasteiger partial charge is 0.347 e. The maximum absolute atomic E-state index is 12.3. The lowest BCUT2D eigenvalue weighted by molar-refractivity contribution is 0.0943. The van der Waals surface area contributed by atoms with Gasteiger partial charge in [-0.3, -0.25) is 9.78 Å².